The quantitative estimate of drug-likeness (QED) is 0.636. The molecular formula is C11H17BN2O. The van der Waals surface area contributed by atoms with E-state index in [1.165, 1.54) is 5.56 Å². The van der Waals surface area contributed by atoms with Crippen LogP contribution in [-0.4, -0.2) is 33.3 Å². The van der Waals surface area contributed by atoms with Crippen LogP contribution in [-0.2, 0) is 11.2 Å². The highest BCUT2D eigenvalue weighted by atomic mass is 16.2. The normalized spacial score (nSPS) is 12.1. The van der Waals surface area contributed by atoms with Gasteiger partial charge in [0.2, 0.25) is 5.91 Å². The van der Waals surface area contributed by atoms with Gasteiger partial charge in [-0.3, -0.25) is 4.79 Å². The first-order chi connectivity index (χ1) is 7.27. The van der Waals surface area contributed by atoms with E-state index in [0.717, 1.165) is 12.9 Å². The zero-order valence-corrected chi connectivity index (χ0v) is 9.29. The molecule has 1 atom stereocenters. The first-order valence-corrected chi connectivity index (χ1v) is 5.26. The van der Waals surface area contributed by atoms with Crippen LogP contribution in [0.4, 0.5) is 0 Å². The number of hydrogen-bond acceptors (Lipinski definition) is 2. The smallest absolute Gasteiger partial charge is 0.237 e. The standard InChI is InChI=1S/C11H17BN2O/c1-13-11(15)10(14-8-12)7-9-5-3-2-4-6-9/h2-6,10,14H,7-8,12H2,1H3,(H,13,15). The Labute approximate surface area is 91.7 Å². The molecule has 0 bridgehead atoms. The summed E-state index contributed by atoms with van der Waals surface area (Å²) >= 11 is 0. The first-order valence-electron chi connectivity index (χ1n) is 5.26. The van der Waals surface area contributed by atoms with E-state index in [9.17, 15) is 4.79 Å². The van der Waals surface area contributed by atoms with Gasteiger partial charge >= 0.3 is 0 Å². The Kier molecular flexibility index (Phi) is 4.91. The van der Waals surface area contributed by atoms with Crippen LogP contribution in [0.25, 0.3) is 0 Å². The van der Waals surface area contributed by atoms with Crippen LogP contribution in [0.15, 0.2) is 30.3 Å². The molecule has 0 aromatic heterocycles. The highest BCUT2D eigenvalue weighted by Crippen LogP contribution is 2.02. The second-order valence-electron chi connectivity index (χ2n) is 3.41. The van der Waals surface area contributed by atoms with Gasteiger partial charge in [0.25, 0.3) is 0 Å². The number of rotatable bonds is 5. The van der Waals surface area contributed by atoms with E-state index in [2.05, 4.69) is 10.6 Å². The van der Waals surface area contributed by atoms with E-state index in [1.54, 1.807) is 7.05 Å². The van der Waals surface area contributed by atoms with Crippen molar-refractivity contribution in [2.75, 3.05) is 13.5 Å². The molecule has 0 saturated heterocycles. The topological polar surface area (TPSA) is 41.1 Å². The summed E-state index contributed by atoms with van der Waals surface area (Å²) in [6.07, 6.45) is 1.53. The summed E-state index contributed by atoms with van der Waals surface area (Å²) in [5.41, 5.74) is 1.17. The number of nitrogens with one attached hydrogen (secondary N) is 2. The second-order valence-corrected chi connectivity index (χ2v) is 3.41. The molecule has 3 nitrogen and oxygen atoms in total. The summed E-state index contributed by atoms with van der Waals surface area (Å²) < 4.78 is 0. The minimum Gasteiger partial charge on any atom is -0.358 e. The van der Waals surface area contributed by atoms with Gasteiger partial charge in [-0.25, -0.2) is 0 Å². The molecule has 1 amide bonds. The van der Waals surface area contributed by atoms with Gasteiger partial charge in [-0.05, 0) is 18.4 Å². The van der Waals surface area contributed by atoms with Crippen molar-refractivity contribution in [1.29, 1.82) is 0 Å². The maximum atomic E-state index is 11.5. The van der Waals surface area contributed by atoms with Gasteiger partial charge in [0, 0.05) is 7.05 Å². The third-order valence-corrected chi connectivity index (χ3v) is 2.30. The number of likely N-dealkylation sites (N-methyl/N-ethyl adjacent to an activating group) is 1. The Hall–Kier alpha value is -1.29. The molecule has 0 aliphatic rings. The van der Waals surface area contributed by atoms with Gasteiger partial charge in [-0.15, -0.1) is 0 Å². The molecule has 1 rings (SSSR count). The fraction of sp³-hybridized carbons (Fsp3) is 0.364. The Bertz CT molecular complexity index is 303. The maximum absolute atomic E-state index is 11.5. The lowest BCUT2D eigenvalue weighted by molar-refractivity contribution is -0.122. The van der Waals surface area contributed by atoms with Crippen molar-refractivity contribution in [1.82, 2.24) is 10.6 Å². The van der Waals surface area contributed by atoms with Crippen molar-refractivity contribution in [2.24, 2.45) is 0 Å². The molecule has 0 heterocycles. The predicted molar refractivity (Wildman–Crippen MR) is 64.5 cm³/mol. The Morgan fingerprint density at radius 3 is 2.60 bits per heavy atom. The molecular weight excluding hydrogens is 187 g/mol. The third-order valence-electron chi connectivity index (χ3n) is 2.30. The zero-order chi connectivity index (χ0) is 11.1. The minimum absolute atomic E-state index is 0.0423. The second kappa shape index (κ2) is 6.25. The first kappa shape index (κ1) is 11.8. The molecule has 0 fully saturated rings. The Morgan fingerprint density at radius 2 is 2.07 bits per heavy atom. The van der Waals surface area contributed by atoms with Gasteiger partial charge in [-0.1, -0.05) is 30.3 Å². The van der Waals surface area contributed by atoms with E-state index in [-0.39, 0.29) is 11.9 Å². The molecule has 0 aliphatic carbocycles. The summed E-state index contributed by atoms with van der Waals surface area (Å²) in [6.45, 7) is 0. The average Bonchev–Trinajstić information content (AvgIpc) is 2.29. The van der Waals surface area contributed by atoms with Gasteiger partial charge in [0.15, 0.2) is 0 Å². The number of benzene rings is 1. The van der Waals surface area contributed by atoms with Crippen molar-refractivity contribution in [3.63, 3.8) is 0 Å². The van der Waals surface area contributed by atoms with E-state index >= 15 is 0 Å². The fourth-order valence-corrected chi connectivity index (χ4v) is 1.53. The summed E-state index contributed by atoms with van der Waals surface area (Å²) in [4.78, 5) is 11.5. The van der Waals surface area contributed by atoms with Crippen LogP contribution in [0, 0.1) is 0 Å². The largest absolute Gasteiger partial charge is 0.358 e. The van der Waals surface area contributed by atoms with E-state index in [4.69, 9.17) is 0 Å². The van der Waals surface area contributed by atoms with Crippen molar-refractivity contribution < 1.29 is 4.79 Å². The third kappa shape index (κ3) is 3.76. The lowest BCUT2D eigenvalue weighted by atomic mass is 10.0. The highest BCUT2D eigenvalue weighted by Gasteiger charge is 2.15. The number of carbonyl (C=O) groups excluding carboxylic acids is 1. The fourth-order valence-electron chi connectivity index (χ4n) is 1.53. The van der Waals surface area contributed by atoms with Crippen LogP contribution >= 0.6 is 0 Å². The molecule has 2 N–H and O–H groups in total. The van der Waals surface area contributed by atoms with Gasteiger partial charge in [0.05, 0.1) is 6.04 Å². The van der Waals surface area contributed by atoms with Crippen LogP contribution in [0.5, 0.6) is 0 Å². The lowest BCUT2D eigenvalue weighted by Crippen LogP contribution is -2.44. The van der Waals surface area contributed by atoms with Crippen LogP contribution < -0.4 is 10.6 Å². The molecule has 0 aliphatic heterocycles. The van der Waals surface area contributed by atoms with E-state index in [1.807, 2.05) is 38.2 Å². The van der Waals surface area contributed by atoms with Crippen LogP contribution in [0.1, 0.15) is 5.56 Å². The van der Waals surface area contributed by atoms with Crippen molar-refractivity contribution in [3.8, 4) is 0 Å². The maximum Gasteiger partial charge on any atom is 0.237 e. The van der Waals surface area contributed by atoms with Gasteiger partial charge in [-0.2, -0.15) is 0 Å². The van der Waals surface area contributed by atoms with Gasteiger partial charge < -0.3 is 10.6 Å². The lowest BCUT2D eigenvalue weighted by Gasteiger charge is -2.16. The molecule has 0 saturated carbocycles. The molecule has 1 unspecified atom stereocenters. The summed E-state index contributed by atoms with van der Waals surface area (Å²) in [6, 6.07) is 9.89. The number of hydrogen-bond donors (Lipinski definition) is 2. The molecule has 0 spiro atoms. The summed E-state index contributed by atoms with van der Waals surface area (Å²) in [5, 5.41) is 5.84. The van der Waals surface area contributed by atoms with Crippen LogP contribution in [0.3, 0.4) is 0 Å². The highest BCUT2D eigenvalue weighted by molar-refractivity contribution is 6.09. The monoisotopic (exact) mass is 204 g/mol. The van der Waals surface area contributed by atoms with Crippen LogP contribution in [0.2, 0.25) is 0 Å². The molecule has 4 heteroatoms. The molecule has 1 aromatic rings. The molecule has 80 valence electrons. The van der Waals surface area contributed by atoms with Crippen molar-refractivity contribution in [2.45, 2.75) is 12.5 Å². The SMILES string of the molecule is BCNC(Cc1ccccc1)C(=O)NC. The van der Waals surface area contributed by atoms with Gasteiger partial charge in [0.1, 0.15) is 7.85 Å². The summed E-state index contributed by atoms with van der Waals surface area (Å²) in [5.74, 6) is 0.0423. The number of amides is 1. The Balaban J connectivity index is 2.62. The zero-order valence-electron chi connectivity index (χ0n) is 9.29. The minimum atomic E-state index is -0.137. The molecule has 0 radical (unpaired) electrons. The number of carbonyl (C=O) groups is 1. The van der Waals surface area contributed by atoms with E-state index in [0.29, 0.717) is 0 Å². The molecule has 1 aromatic carbocycles. The Morgan fingerprint density at radius 1 is 1.40 bits per heavy atom. The van der Waals surface area contributed by atoms with Crippen molar-refractivity contribution in [3.05, 3.63) is 35.9 Å². The van der Waals surface area contributed by atoms with E-state index < -0.39 is 0 Å². The van der Waals surface area contributed by atoms with Crippen molar-refractivity contribution >= 4 is 13.8 Å². The summed E-state index contributed by atoms with van der Waals surface area (Å²) in [7, 11) is 3.67. The predicted octanol–water partition coefficient (Wildman–Crippen LogP) is -0.476. The molecule has 15 heavy (non-hydrogen) atoms. The average molecular weight is 204 g/mol.